The van der Waals surface area contributed by atoms with Crippen molar-refractivity contribution in [2.24, 2.45) is 11.1 Å². The molecule has 1 rings (SSSR count). The third-order valence-corrected chi connectivity index (χ3v) is 2.83. The first-order chi connectivity index (χ1) is 6.25. The zero-order valence-electron chi connectivity index (χ0n) is 8.23. The lowest BCUT2D eigenvalue weighted by molar-refractivity contribution is -0.130. The number of carbonyl (C=O) groups excluding carboxylic acids is 1. The Labute approximate surface area is 79.3 Å². The predicted molar refractivity (Wildman–Crippen MR) is 52.3 cm³/mol. The minimum atomic E-state index is -0.171. The van der Waals surface area contributed by atoms with Gasteiger partial charge in [0.1, 0.15) is 0 Å². The Bertz CT molecular complexity index is 176. The Morgan fingerprint density at radius 2 is 2.46 bits per heavy atom. The van der Waals surface area contributed by atoms with E-state index in [0.29, 0.717) is 13.1 Å². The number of nitrogens with two attached hydrogens (primary N) is 1. The first kappa shape index (κ1) is 10.5. The summed E-state index contributed by atoms with van der Waals surface area (Å²) in [5.41, 5.74) is 5.16. The van der Waals surface area contributed by atoms with E-state index in [1.165, 1.54) is 0 Å². The average molecular weight is 185 g/mol. The smallest absolute Gasteiger partial charge is 0.227 e. The van der Waals surface area contributed by atoms with Gasteiger partial charge < -0.3 is 16.4 Å². The Morgan fingerprint density at radius 3 is 2.92 bits per heavy atom. The van der Waals surface area contributed by atoms with Crippen LogP contribution in [0.3, 0.4) is 0 Å². The quantitative estimate of drug-likeness (QED) is 0.550. The van der Waals surface area contributed by atoms with Gasteiger partial charge in [0.2, 0.25) is 5.91 Å². The van der Waals surface area contributed by atoms with Crippen LogP contribution in [0, 0.1) is 5.41 Å². The summed E-state index contributed by atoms with van der Waals surface area (Å²) in [6, 6.07) is 0. The van der Waals surface area contributed by atoms with Crippen molar-refractivity contribution in [1.29, 1.82) is 0 Å². The first-order valence-corrected chi connectivity index (χ1v) is 4.94. The Morgan fingerprint density at radius 1 is 1.69 bits per heavy atom. The van der Waals surface area contributed by atoms with Crippen molar-refractivity contribution in [2.75, 3.05) is 26.2 Å². The van der Waals surface area contributed by atoms with Gasteiger partial charge in [-0.3, -0.25) is 4.79 Å². The summed E-state index contributed by atoms with van der Waals surface area (Å²) in [6.45, 7) is 4.92. The number of amides is 1. The number of nitrogens with one attached hydrogen (secondary N) is 2. The molecule has 1 atom stereocenters. The maximum absolute atomic E-state index is 11.8. The van der Waals surface area contributed by atoms with Crippen LogP contribution in [-0.2, 0) is 4.79 Å². The molecule has 0 aromatic heterocycles. The lowest BCUT2D eigenvalue weighted by Gasteiger charge is -2.24. The molecule has 76 valence electrons. The molecule has 4 N–H and O–H groups in total. The molecule has 0 aromatic rings. The molecule has 0 saturated carbocycles. The van der Waals surface area contributed by atoms with Crippen molar-refractivity contribution in [1.82, 2.24) is 10.6 Å². The molecule has 0 spiro atoms. The fourth-order valence-electron chi connectivity index (χ4n) is 1.77. The molecule has 0 bridgehead atoms. The van der Waals surface area contributed by atoms with Crippen molar-refractivity contribution in [3.8, 4) is 0 Å². The van der Waals surface area contributed by atoms with E-state index in [1.807, 2.05) is 0 Å². The Hall–Kier alpha value is -0.610. The highest BCUT2D eigenvalue weighted by atomic mass is 16.2. The summed E-state index contributed by atoms with van der Waals surface area (Å²) < 4.78 is 0. The Balaban J connectivity index is 2.49. The average Bonchev–Trinajstić information content (AvgIpc) is 2.63. The van der Waals surface area contributed by atoms with Gasteiger partial charge in [-0.05, 0) is 19.4 Å². The summed E-state index contributed by atoms with van der Waals surface area (Å²) in [5, 5.41) is 6.09. The lowest BCUT2D eigenvalue weighted by Crippen LogP contribution is -2.43. The molecule has 0 radical (unpaired) electrons. The molecule has 4 heteroatoms. The molecule has 1 unspecified atom stereocenters. The molecule has 1 aliphatic rings. The molecule has 1 heterocycles. The van der Waals surface area contributed by atoms with Crippen molar-refractivity contribution in [3.63, 3.8) is 0 Å². The van der Waals surface area contributed by atoms with Crippen molar-refractivity contribution in [3.05, 3.63) is 0 Å². The van der Waals surface area contributed by atoms with Gasteiger partial charge in [-0.1, -0.05) is 6.92 Å². The SMILES string of the molecule is CCC1(C(=O)NCCN)CCNC1. The van der Waals surface area contributed by atoms with Gasteiger partial charge >= 0.3 is 0 Å². The summed E-state index contributed by atoms with van der Waals surface area (Å²) in [6.07, 6.45) is 1.84. The van der Waals surface area contributed by atoms with Crippen molar-refractivity contribution < 1.29 is 4.79 Å². The van der Waals surface area contributed by atoms with Crippen LogP contribution in [0.15, 0.2) is 0 Å². The molecular formula is C9H19N3O. The second-order valence-corrected chi connectivity index (χ2v) is 3.61. The van der Waals surface area contributed by atoms with Crippen molar-refractivity contribution >= 4 is 5.91 Å². The van der Waals surface area contributed by atoms with Gasteiger partial charge in [0.25, 0.3) is 0 Å². The molecular weight excluding hydrogens is 166 g/mol. The highest BCUT2D eigenvalue weighted by molar-refractivity contribution is 5.83. The molecule has 0 aromatic carbocycles. The van der Waals surface area contributed by atoms with E-state index >= 15 is 0 Å². The van der Waals surface area contributed by atoms with E-state index in [0.717, 1.165) is 25.9 Å². The van der Waals surface area contributed by atoms with Gasteiger partial charge in [-0.15, -0.1) is 0 Å². The van der Waals surface area contributed by atoms with Crippen LogP contribution in [0.25, 0.3) is 0 Å². The topological polar surface area (TPSA) is 67.2 Å². The highest BCUT2D eigenvalue weighted by Crippen LogP contribution is 2.29. The van der Waals surface area contributed by atoms with Gasteiger partial charge in [0.05, 0.1) is 5.41 Å². The van der Waals surface area contributed by atoms with Crippen LogP contribution in [0.2, 0.25) is 0 Å². The third-order valence-electron chi connectivity index (χ3n) is 2.83. The maximum atomic E-state index is 11.8. The first-order valence-electron chi connectivity index (χ1n) is 4.94. The summed E-state index contributed by atoms with van der Waals surface area (Å²) in [4.78, 5) is 11.8. The van der Waals surface area contributed by atoms with Gasteiger partial charge in [-0.25, -0.2) is 0 Å². The van der Waals surface area contributed by atoms with E-state index in [1.54, 1.807) is 0 Å². The monoisotopic (exact) mass is 185 g/mol. The van der Waals surface area contributed by atoms with Crippen LogP contribution in [0.4, 0.5) is 0 Å². The van der Waals surface area contributed by atoms with E-state index in [-0.39, 0.29) is 11.3 Å². The fraction of sp³-hybridized carbons (Fsp3) is 0.889. The predicted octanol–water partition coefficient (Wildman–Crippen LogP) is -0.549. The van der Waals surface area contributed by atoms with Crippen LogP contribution in [-0.4, -0.2) is 32.1 Å². The molecule has 1 amide bonds. The number of hydrogen-bond donors (Lipinski definition) is 3. The molecule has 1 aliphatic heterocycles. The number of hydrogen-bond acceptors (Lipinski definition) is 3. The van der Waals surface area contributed by atoms with Gasteiger partial charge in [-0.2, -0.15) is 0 Å². The van der Waals surface area contributed by atoms with Crippen molar-refractivity contribution in [2.45, 2.75) is 19.8 Å². The lowest BCUT2D eigenvalue weighted by atomic mass is 9.83. The summed E-state index contributed by atoms with van der Waals surface area (Å²) >= 11 is 0. The van der Waals surface area contributed by atoms with Crippen LogP contribution < -0.4 is 16.4 Å². The maximum Gasteiger partial charge on any atom is 0.227 e. The van der Waals surface area contributed by atoms with Gasteiger partial charge in [0.15, 0.2) is 0 Å². The molecule has 0 aliphatic carbocycles. The largest absolute Gasteiger partial charge is 0.354 e. The van der Waals surface area contributed by atoms with E-state index in [4.69, 9.17) is 5.73 Å². The number of carbonyl (C=O) groups is 1. The highest BCUT2D eigenvalue weighted by Gasteiger charge is 2.38. The summed E-state index contributed by atoms with van der Waals surface area (Å²) in [5.74, 6) is 0.158. The van der Waals surface area contributed by atoms with Gasteiger partial charge in [0, 0.05) is 19.6 Å². The van der Waals surface area contributed by atoms with Crippen LogP contribution in [0.5, 0.6) is 0 Å². The zero-order valence-corrected chi connectivity index (χ0v) is 8.23. The second kappa shape index (κ2) is 4.58. The number of rotatable bonds is 4. The van der Waals surface area contributed by atoms with E-state index in [2.05, 4.69) is 17.6 Å². The molecule has 1 fully saturated rings. The fourth-order valence-corrected chi connectivity index (χ4v) is 1.77. The molecule has 4 nitrogen and oxygen atoms in total. The second-order valence-electron chi connectivity index (χ2n) is 3.61. The van der Waals surface area contributed by atoms with Crippen LogP contribution >= 0.6 is 0 Å². The summed E-state index contributed by atoms with van der Waals surface area (Å²) in [7, 11) is 0. The normalized spacial score (nSPS) is 27.5. The van der Waals surface area contributed by atoms with E-state index in [9.17, 15) is 4.79 Å². The third kappa shape index (κ3) is 2.19. The zero-order chi connectivity index (χ0) is 9.73. The molecule has 1 saturated heterocycles. The standard InChI is InChI=1S/C9H19N3O/c1-2-9(3-5-11-7-9)8(13)12-6-4-10/h11H,2-7,10H2,1H3,(H,12,13). The minimum absolute atomic E-state index is 0.158. The molecule has 13 heavy (non-hydrogen) atoms. The Kier molecular flexibility index (Phi) is 3.69. The van der Waals surface area contributed by atoms with E-state index < -0.39 is 0 Å². The van der Waals surface area contributed by atoms with Crippen LogP contribution in [0.1, 0.15) is 19.8 Å². The minimum Gasteiger partial charge on any atom is -0.354 e.